The average Bonchev–Trinajstić information content (AvgIpc) is 3.47. The van der Waals surface area contributed by atoms with Crippen LogP contribution >= 0.6 is 0 Å². The Kier molecular flexibility index (Phi) is 6.86. The van der Waals surface area contributed by atoms with Gasteiger partial charge in [-0.15, -0.1) is 0 Å². The second-order valence-corrected chi connectivity index (χ2v) is 13.3. The third kappa shape index (κ3) is 4.83. The molecular weight excluding hydrogens is 578 g/mol. The van der Waals surface area contributed by atoms with E-state index >= 15 is 0 Å². The molecule has 46 heavy (non-hydrogen) atoms. The predicted molar refractivity (Wildman–Crippen MR) is 177 cm³/mol. The Morgan fingerprint density at radius 1 is 1.04 bits per heavy atom. The Morgan fingerprint density at radius 2 is 1.89 bits per heavy atom. The van der Waals surface area contributed by atoms with Crippen LogP contribution in [0.2, 0.25) is 0 Å². The van der Waals surface area contributed by atoms with Gasteiger partial charge in [-0.2, -0.15) is 0 Å². The zero-order chi connectivity index (χ0) is 31.7. The topological polar surface area (TPSA) is 120 Å². The quantitative estimate of drug-likeness (QED) is 0.256. The number of nitrogens with zero attached hydrogens (tertiary/aromatic N) is 5. The van der Waals surface area contributed by atoms with Gasteiger partial charge in [0.2, 0.25) is 5.91 Å². The number of carbonyl (C=O) groups is 2. The van der Waals surface area contributed by atoms with Crippen LogP contribution in [0.4, 0.5) is 0 Å². The van der Waals surface area contributed by atoms with Crippen molar-refractivity contribution in [3.05, 3.63) is 65.7 Å². The number of fused-ring (bicyclic) bond motifs is 4. The number of hydrogen-bond donors (Lipinski definition) is 2. The van der Waals surface area contributed by atoms with Crippen molar-refractivity contribution in [3.8, 4) is 28.5 Å². The summed E-state index contributed by atoms with van der Waals surface area (Å²) in [6.45, 7) is 3.58. The summed E-state index contributed by atoms with van der Waals surface area (Å²) in [6.07, 6.45) is 4.47. The Morgan fingerprint density at radius 3 is 2.61 bits per heavy atom. The smallest absolute Gasteiger partial charge is 0.254 e. The van der Waals surface area contributed by atoms with Crippen molar-refractivity contribution in [2.75, 3.05) is 13.7 Å². The van der Waals surface area contributed by atoms with Crippen LogP contribution in [-0.2, 0) is 24.9 Å². The van der Waals surface area contributed by atoms with Crippen molar-refractivity contribution in [1.29, 1.82) is 0 Å². The minimum absolute atomic E-state index is 0.00391. The number of nitrogens with two attached hydrogens (primary N) is 1. The largest absolute Gasteiger partial charge is 0.494 e. The lowest BCUT2D eigenvalue weighted by molar-refractivity contribution is -0.119. The number of aryl methyl sites for hydroxylation is 1. The molecule has 1 aliphatic heterocycles. The minimum Gasteiger partial charge on any atom is -0.494 e. The lowest BCUT2D eigenvalue weighted by atomic mass is 10.1. The van der Waals surface area contributed by atoms with E-state index in [1.54, 1.807) is 7.11 Å². The molecule has 0 radical (unpaired) electrons. The van der Waals surface area contributed by atoms with E-state index in [9.17, 15) is 9.59 Å². The number of piperidine rings is 1. The molecule has 3 aromatic heterocycles. The zero-order valence-electron chi connectivity index (χ0n) is 26.5. The van der Waals surface area contributed by atoms with Gasteiger partial charge in [-0.05, 0) is 79.5 Å². The first-order valence-corrected chi connectivity index (χ1v) is 16.2. The fraction of sp³-hybridized carbons (Fsp3) is 0.389. The normalized spacial score (nSPS) is 20.6. The first-order valence-electron chi connectivity index (χ1n) is 16.2. The fourth-order valence-electron chi connectivity index (χ4n) is 7.55. The van der Waals surface area contributed by atoms with Crippen LogP contribution in [0.1, 0.15) is 48.5 Å². The highest BCUT2D eigenvalue weighted by Crippen LogP contribution is 2.40. The number of nitrogens with one attached hydrogen (secondary N) is 1. The SMILES string of the molecule is COc1cc(C(=O)N2CC3CCC2[C@@H]3N)cc2nc(-c3cc4ccc(-c5cccc(CNC(C)=O)c5)nc4n3CC3CC3)n(C)c12. The van der Waals surface area contributed by atoms with Crippen LogP contribution in [0.25, 0.3) is 44.8 Å². The number of aromatic nitrogens is 4. The molecule has 5 aromatic rings. The van der Waals surface area contributed by atoms with E-state index in [1.807, 2.05) is 36.2 Å². The number of rotatable bonds is 8. The van der Waals surface area contributed by atoms with Crippen molar-refractivity contribution in [2.45, 2.75) is 57.8 Å². The Bertz CT molecular complexity index is 2020. The maximum Gasteiger partial charge on any atom is 0.254 e. The lowest BCUT2D eigenvalue weighted by Crippen LogP contribution is -2.41. The van der Waals surface area contributed by atoms with Crippen LogP contribution in [0.5, 0.6) is 5.75 Å². The van der Waals surface area contributed by atoms with Crippen molar-refractivity contribution >= 4 is 33.9 Å². The number of amides is 2. The van der Waals surface area contributed by atoms with Gasteiger partial charge in [-0.25, -0.2) is 9.97 Å². The van der Waals surface area contributed by atoms with Crippen molar-refractivity contribution in [3.63, 3.8) is 0 Å². The van der Waals surface area contributed by atoms with Gasteiger partial charge in [0, 0.05) is 62.2 Å². The van der Waals surface area contributed by atoms with E-state index in [1.165, 1.54) is 19.8 Å². The van der Waals surface area contributed by atoms with Gasteiger partial charge in [-0.3, -0.25) is 9.59 Å². The fourth-order valence-corrected chi connectivity index (χ4v) is 7.55. The molecule has 8 rings (SSSR count). The molecule has 0 spiro atoms. The maximum atomic E-state index is 13.7. The van der Waals surface area contributed by atoms with E-state index < -0.39 is 0 Å². The molecule has 1 saturated heterocycles. The molecule has 2 aliphatic carbocycles. The van der Waals surface area contributed by atoms with Gasteiger partial charge in [-0.1, -0.05) is 18.2 Å². The number of pyridine rings is 1. The Hall–Kier alpha value is -4.70. The summed E-state index contributed by atoms with van der Waals surface area (Å²) >= 11 is 0. The molecular formula is C36H39N7O3. The molecule has 10 nitrogen and oxygen atoms in total. The molecule has 4 heterocycles. The minimum atomic E-state index is -0.0547. The van der Waals surface area contributed by atoms with Gasteiger partial charge >= 0.3 is 0 Å². The average molecular weight is 618 g/mol. The highest BCUT2D eigenvalue weighted by atomic mass is 16.5. The summed E-state index contributed by atoms with van der Waals surface area (Å²) in [6, 6.07) is 18.4. The molecule has 236 valence electrons. The van der Waals surface area contributed by atoms with Crippen LogP contribution in [0.15, 0.2) is 54.6 Å². The number of ether oxygens (including phenoxy) is 1. The number of imidazole rings is 1. The lowest BCUT2D eigenvalue weighted by Gasteiger charge is -2.27. The number of methoxy groups -OCH3 is 1. The van der Waals surface area contributed by atoms with E-state index in [0.29, 0.717) is 36.2 Å². The van der Waals surface area contributed by atoms with Crippen molar-refractivity contribution in [2.24, 2.45) is 24.6 Å². The first kappa shape index (κ1) is 28.8. The number of carbonyl (C=O) groups excluding carboxylic acids is 2. The van der Waals surface area contributed by atoms with Crippen LogP contribution in [0, 0.1) is 11.8 Å². The van der Waals surface area contributed by atoms with Crippen LogP contribution in [-0.4, -0.2) is 61.6 Å². The van der Waals surface area contributed by atoms with Crippen molar-refractivity contribution in [1.82, 2.24) is 29.3 Å². The summed E-state index contributed by atoms with van der Waals surface area (Å²) in [5, 5.41) is 3.92. The second-order valence-electron chi connectivity index (χ2n) is 13.3. The second kappa shape index (κ2) is 11.0. The molecule has 2 unspecified atom stereocenters. The molecule has 3 aliphatic rings. The van der Waals surface area contributed by atoms with Gasteiger partial charge in [0.15, 0.2) is 5.82 Å². The molecule has 2 amide bonds. The Balaban J connectivity index is 1.20. The number of likely N-dealkylation sites (tertiary alicyclic amines) is 1. The zero-order valence-corrected chi connectivity index (χ0v) is 26.5. The highest BCUT2D eigenvalue weighted by Gasteiger charge is 2.47. The Labute approximate surface area is 267 Å². The molecule has 2 saturated carbocycles. The first-order chi connectivity index (χ1) is 22.3. The summed E-state index contributed by atoms with van der Waals surface area (Å²) < 4.78 is 10.2. The molecule has 2 bridgehead atoms. The summed E-state index contributed by atoms with van der Waals surface area (Å²) in [5.74, 6) is 2.36. The van der Waals surface area contributed by atoms with Crippen LogP contribution in [0.3, 0.4) is 0 Å². The highest BCUT2D eigenvalue weighted by molar-refractivity contribution is 6.00. The van der Waals surface area contributed by atoms with Gasteiger partial charge in [0.25, 0.3) is 5.91 Å². The number of benzene rings is 2. The molecule has 3 atom stereocenters. The monoisotopic (exact) mass is 617 g/mol. The maximum absolute atomic E-state index is 13.7. The third-order valence-corrected chi connectivity index (χ3v) is 10.2. The molecule has 10 heteroatoms. The van der Waals surface area contributed by atoms with E-state index in [0.717, 1.165) is 69.8 Å². The van der Waals surface area contributed by atoms with Gasteiger partial charge in [0.1, 0.15) is 16.9 Å². The summed E-state index contributed by atoms with van der Waals surface area (Å²) in [5.41, 5.74) is 13.4. The molecule has 3 fully saturated rings. The van der Waals surface area contributed by atoms with Gasteiger partial charge < -0.3 is 29.8 Å². The van der Waals surface area contributed by atoms with E-state index in [2.05, 4.69) is 44.8 Å². The van der Waals surface area contributed by atoms with Crippen LogP contribution < -0.4 is 15.8 Å². The summed E-state index contributed by atoms with van der Waals surface area (Å²) in [7, 11) is 3.65. The summed E-state index contributed by atoms with van der Waals surface area (Å²) in [4.78, 5) is 37.5. The number of hydrogen-bond acceptors (Lipinski definition) is 6. The third-order valence-electron chi connectivity index (χ3n) is 10.2. The molecule has 3 N–H and O–H groups in total. The van der Waals surface area contributed by atoms with Gasteiger partial charge in [0.05, 0.1) is 24.0 Å². The predicted octanol–water partition coefficient (Wildman–Crippen LogP) is 4.87. The van der Waals surface area contributed by atoms with E-state index in [4.69, 9.17) is 20.4 Å². The van der Waals surface area contributed by atoms with E-state index in [-0.39, 0.29) is 23.9 Å². The standard InChI is InChI=1S/C36H39N7O3/c1-20(44)38-17-22-5-4-6-23(13-22)27-11-9-24-15-30(42(34(24)39-27)18-21-7-8-21)35-40-28-14-26(16-31(46-3)33(28)41(35)2)36(45)43-19-25-10-12-29(43)32(25)37/h4-6,9,11,13-16,21,25,29,32H,7-8,10,12,17-19,37H2,1-3H3,(H,38,44)/t25?,29?,32-/m1/s1. The van der Waals surface area contributed by atoms with Crippen molar-refractivity contribution < 1.29 is 14.3 Å². The molecule has 2 aromatic carbocycles.